The average molecular weight is 1370 g/mol. The Morgan fingerprint density at radius 1 is 0.484 bits per heavy atom. The highest BCUT2D eigenvalue weighted by Gasteiger charge is 2.68. The van der Waals surface area contributed by atoms with E-state index in [-0.39, 0.29) is 41.3 Å². The van der Waals surface area contributed by atoms with Gasteiger partial charge in [-0.25, -0.2) is 0 Å². The lowest BCUT2D eigenvalue weighted by atomic mass is 9.47. The second kappa shape index (κ2) is 29.7. The number of ether oxygens (including phenoxy) is 13. The molecular formula is C63H104O32. The van der Waals surface area contributed by atoms with Gasteiger partial charge in [0, 0.05) is 18.9 Å². The highest BCUT2D eigenvalue weighted by atomic mass is 16.8. The molecule has 548 valence electrons. The minimum absolute atomic E-state index is 0.0377. The van der Waals surface area contributed by atoms with E-state index < -0.39 is 223 Å². The summed E-state index contributed by atoms with van der Waals surface area (Å²) in [4.78, 5) is 0. The summed E-state index contributed by atoms with van der Waals surface area (Å²) in [5.41, 5.74) is 0.866. The molecule has 41 atom stereocenters. The fourth-order valence-corrected chi connectivity index (χ4v) is 17.9. The molecule has 11 aliphatic rings. The van der Waals surface area contributed by atoms with Gasteiger partial charge in [0.05, 0.1) is 50.8 Å². The van der Waals surface area contributed by atoms with Crippen molar-refractivity contribution in [3.05, 3.63) is 11.6 Å². The maximum Gasteiger partial charge on any atom is 0.187 e. The first-order valence-corrected chi connectivity index (χ1v) is 33.8. The molecule has 0 radical (unpaired) electrons. The summed E-state index contributed by atoms with van der Waals surface area (Å²) in [5.74, 6) is -0.146. The Kier molecular flexibility index (Phi) is 23.3. The van der Waals surface area contributed by atoms with E-state index in [1.807, 2.05) is 6.92 Å². The monoisotopic (exact) mass is 1370 g/mol. The molecule has 0 aromatic rings. The predicted molar refractivity (Wildman–Crippen MR) is 314 cm³/mol. The highest BCUT2D eigenvalue weighted by molar-refractivity contribution is 5.26. The van der Waals surface area contributed by atoms with Crippen molar-refractivity contribution in [3.63, 3.8) is 0 Å². The Bertz CT molecular complexity index is 2540. The van der Waals surface area contributed by atoms with Gasteiger partial charge in [-0.3, -0.25) is 0 Å². The molecule has 10 fully saturated rings. The van der Waals surface area contributed by atoms with Gasteiger partial charge in [0.15, 0.2) is 43.5 Å². The van der Waals surface area contributed by atoms with Crippen LogP contribution in [0.2, 0.25) is 0 Å². The van der Waals surface area contributed by atoms with E-state index in [4.69, 9.17) is 61.6 Å². The summed E-state index contributed by atoms with van der Waals surface area (Å²) in [5, 5.41) is 210. The molecule has 4 aliphatic carbocycles. The van der Waals surface area contributed by atoms with E-state index in [9.17, 15) is 97.0 Å². The molecule has 32 heteroatoms. The lowest BCUT2D eigenvalue weighted by Gasteiger charge is -2.58. The van der Waals surface area contributed by atoms with Crippen molar-refractivity contribution in [2.75, 3.05) is 33.0 Å². The molecule has 11 rings (SSSR count). The minimum Gasteiger partial charge on any atom is -0.396 e. The third-order valence-electron chi connectivity index (χ3n) is 23.7. The number of rotatable bonds is 20. The van der Waals surface area contributed by atoms with Crippen LogP contribution in [-0.4, -0.2) is 332 Å². The van der Waals surface area contributed by atoms with Crippen LogP contribution in [0.3, 0.4) is 0 Å². The number of aliphatic hydroxyl groups is 19. The Hall–Kier alpha value is -1.54. The Labute approximate surface area is 549 Å². The van der Waals surface area contributed by atoms with Crippen LogP contribution in [0.1, 0.15) is 99.3 Å². The van der Waals surface area contributed by atoms with Gasteiger partial charge in [-0.1, -0.05) is 39.3 Å². The van der Waals surface area contributed by atoms with Gasteiger partial charge in [-0.2, -0.15) is 0 Å². The van der Waals surface area contributed by atoms with Crippen LogP contribution in [0.4, 0.5) is 0 Å². The van der Waals surface area contributed by atoms with E-state index >= 15 is 0 Å². The van der Waals surface area contributed by atoms with Crippen molar-refractivity contribution < 1.29 is 159 Å². The number of hydrogen-bond donors (Lipinski definition) is 19. The summed E-state index contributed by atoms with van der Waals surface area (Å²) in [6.45, 7) is 7.64. The maximum absolute atomic E-state index is 12.8. The van der Waals surface area contributed by atoms with E-state index in [0.717, 1.165) is 25.7 Å². The van der Waals surface area contributed by atoms with Crippen LogP contribution in [0.25, 0.3) is 0 Å². The molecule has 0 amide bonds. The third kappa shape index (κ3) is 13.8. The van der Waals surface area contributed by atoms with E-state index in [2.05, 4.69) is 26.8 Å². The van der Waals surface area contributed by atoms with Crippen LogP contribution >= 0.6 is 0 Å². The highest BCUT2D eigenvalue weighted by Crippen LogP contribution is 2.70. The SMILES string of the molecule is CC(CO)CCC1(O)O[C@H]2C[C@H]3[C@@H]4CC=C5C[C@@H](O[C@@H]6O[C@H](CO)[C@@H](O[C@@H]7O[C@H](CO)[C@@H](O)[C@H](O[C@@H]8O[C@H](C)[C@@H](O)[C@H](O)[C@@H]8O)[C@H]7O[C@@H]7O[C@H](CO)[C@@H](O[C@@H]8O[C@H](CO)[C@@H](O)[C@H](O)[C@H]8O)[C@H](O)[C@H]7O)[C@H](O)[C@H]6O[C@@H]6O[C@H](C)[C@@H](O)[C@H](O)[C@@H]6O)CC[C@]5(C)[C@H]4CC[C@]3(C)[C@H]2[C@@H]1C. The smallest absolute Gasteiger partial charge is 0.187 e. The van der Waals surface area contributed by atoms with Crippen molar-refractivity contribution in [2.24, 2.45) is 46.3 Å². The second-order valence-corrected chi connectivity index (χ2v) is 29.4. The molecule has 0 aromatic heterocycles. The fraction of sp³-hybridized carbons (Fsp3) is 0.968. The molecule has 32 nitrogen and oxygen atoms in total. The largest absolute Gasteiger partial charge is 0.396 e. The zero-order valence-electron chi connectivity index (χ0n) is 54.2. The number of hydrogen-bond acceptors (Lipinski definition) is 32. The van der Waals surface area contributed by atoms with Crippen LogP contribution in [0, 0.1) is 46.3 Å². The zero-order chi connectivity index (χ0) is 68.8. The Morgan fingerprint density at radius 2 is 0.958 bits per heavy atom. The molecule has 0 aromatic carbocycles. The van der Waals surface area contributed by atoms with Gasteiger partial charge in [-0.15, -0.1) is 0 Å². The first kappa shape index (κ1) is 74.6. The summed E-state index contributed by atoms with van der Waals surface area (Å²) in [7, 11) is 0. The van der Waals surface area contributed by atoms with Crippen molar-refractivity contribution in [2.45, 2.75) is 302 Å². The Balaban J connectivity index is 0.856. The van der Waals surface area contributed by atoms with E-state index in [0.29, 0.717) is 49.9 Å². The molecular weight excluding hydrogens is 1270 g/mol. The molecule has 95 heavy (non-hydrogen) atoms. The first-order chi connectivity index (χ1) is 45.0. The summed E-state index contributed by atoms with van der Waals surface area (Å²) in [6.07, 6.45) is -47.6. The van der Waals surface area contributed by atoms with Gasteiger partial charge in [0.2, 0.25) is 0 Å². The standard InChI is InChI=1S/C63H104O32/c1-22(17-64)9-14-63(82)23(2)36-31(95-63)16-30-28-8-7-26-15-27(10-12-61(26,5)29(28)11-13-62(30,36)6)85-59-53(93-56-46(78)42(74)38(70)25(4)84-56)49(81)51(35(21-68)89-59)91-60-54(52(40(72)33(19-66)87-60)92-55-45(77)41(73)37(69)24(3)83-55)94-58-48(80)44(76)50(34(20-67)88-58)90-57-47(79)43(75)39(71)32(18-65)86-57/h7,22-25,27-60,64-82H,8-21H2,1-6H3/t22?,23-,24+,25+,27-,28+,29-,30-,31-,32+,33+,34+,35+,36-,37+,38+,39+,40+,41-,42-,43-,44+,45-,46-,47+,48+,49-,50+,51+,52-,53+,54+,55-,56-,57-,58-,59+,60-,61-,62-,63?/m0/s1. The molecule has 3 saturated carbocycles. The van der Waals surface area contributed by atoms with E-state index in [1.165, 1.54) is 19.4 Å². The molecule has 0 bridgehead atoms. The Morgan fingerprint density at radius 3 is 1.55 bits per heavy atom. The quantitative estimate of drug-likeness (QED) is 0.0504. The molecule has 0 spiro atoms. The number of fused-ring (bicyclic) bond motifs is 7. The maximum atomic E-state index is 12.8. The fourth-order valence-electron chi connectivity index (χ4n) is 17.9. The molecule has 2 unspecified atom stereocenters. The summed E-state index contributed by atoms with van der Waals surface area (Å²) < 4.78 is 80.1. The van der Waals surface area contributed by atoms with Gasteiger partial charge in [-0.05, 0) is 106 Å². The average Bonchev–Trinajstić information content (AvgIpc) is 1.57. The van der Waals surface area contributed by atoms with Crippen LogP contribution in [0.15, 0.2) is 11.6 Å². The number of aliphatic hydroxyl groups excluding tert-OH is 18. The lowest BCUT2D eigenvalue weighted by Crippen LogP contribution is -2.69. The molecule has 7 saturated heterocycles. The van der Waals surface area contributed by atoms with E-state index in [1.54, 1.807) is 0 Å². The lowest BCUT2D eigenvalue weighted by molar-refractivity contribution is -0.415. The van der Waals surface area contributed by atoms with Gasteiger partial charge in [0.1, 0.15) is 134 Å². The van der Waals surface area contributed by atoms with Gasteiger partial charge in [0.25, 0.3) is 0 Å². The van der Waals surface area contributed by atoms with Gasteiger partial charge >= 0.3 is 0 Å². The zero-order valence-corrected chi connectivity index (χ0v) is 54.2. The minimum atomic E-state index is -2.27. The number of allylic oxidation sites excluding steroid dienone is 1. The van der Waals surface area contributed by atoms with Crippen molar-refractivity contribution in [3.8, 4) is 0 Å². The summed E-state index contributed by atoms with van der Waals surface area (Å²) >= 11 is 0. The molecule has 7 aliphatic heterocycles. The normalized spacial score (nSPS) is 55.2. The topological polar surface area (TPSA) is 504 Å². The van der Waals surface area contributed by atoms with Crippen LogP contribution in [0.5, 0.6) is 0 Å². The van der Waals surface area contributed by atoms with Gasteiger partial charge < -0.3 is 159 Å². The first-order valence-electron chi connectivity index (χ1n) is 33.8. The molecule has 7 heterocycles. The van der Waals surface area contributed by atoms with Crippen molar-refractivity contribution in [1.82, 2.24) is 0 Å². The second-order valence-electron chi connectivity index (χ2n) is 29.4. The summed E-state index contributed by atoms with van der Waals surface area (Å²) in [6, 6.07) is 0. The third-order valence-corrected chi connectivity index (χ3v) is 23.7. The molecule has 19 N–H and O–H groups in total. The van der Waals surface area contributed by atoms with Crippen molar-refractivity contribution >= 4 is 0 Å². The van der Waals surface area contributed by atoms with Crippen molar-refractivity contribution in [1.29, 1.82) is 0 Å². The van der Waals surface area contributed by atoms with Crippen LogP contribution < -0.4 is 0 Å². The predicted octanol–water partition coefficient (Wildman–Crippen LogP) is -6.33. The van der Waals surface area contributed by atoms with Crippen LogP contribution in [-0.2, 0) is 61.6 Å².